The van der Waals surface area contributed by atoms with Crippen LogP contribution in [-0.2, 0) is 0 Å². The van der Waals surface area contributed by atoms with Crippen molar-refractivity contribution in [3.8, 4) is 27.7 Å². The molecule has 0 spiro atoms. The van der Waals surface area contributed by atoms with Gasteiger partial charge in [-0.3, -0.25) is 0 Å². The molecular formula is C25H23BrO2S. The summed E-state index contributed by atoms with van der Waals surface area (Å²) in [5.74, 6) is 2.52. The van der Waals surface area contributed by atoms with Crippen LogP contribution < -0.4 is 4.74 Å². The molecule has 1 N–H and O–H groups in total. The first kappa shape index (κ1) is 20.0. The summed E-state index contributed by atoms with van der Waals surface area (Å²) in [4.78, 5) is 1.06. The molecule has 0 aliphatic rings. The van der Waals surface area contributed by atoms with Crippen molar-refractivity contribution in [2.45, 2.75) is 32.6 Å². The largest absolute Gasteiger partial charge is 0.508 e. The zero-order chi connectivity index (χ0) is 20.4. The van der Waals surface area contributed by atoms with Gasteiger partial charge in [0.15, 0.2) is 5.75 Å². The van der Waals surface area contributed by atoms with Crippen molar-refractivity contribution < 1.29 is 9.84 Å². The lowest BCUT2D eigenvalue weighted by Crippen LogP contribution is -1.95. The second-order valence-corrected chi connectivity index (χ2v) is 9.10. The molecule has 0 radical (unpaired) electrons. The minimum atomic E-state index is 0.266. The maximum atomic E-state index is 9.92. The third kappa shape index (κ3) is 4.19. The average Bonchev–Trinajstić information content (AvgIpc) is 3.08. The van der Waals surface area contributed by atoms with E-state index in [0.29, 0.717) is 5.92 Å². The van der Waals surface area contributed by atoms with Crippen LogP contribution in [0.25, 0.3) is 20.5 Å². The molecule has 4 rings (SSSR count). The third-order valence-corrected chi connectivity index (χ3v) is 7.00. The molecule has 0 saturated carbocycles. The molecule has 2 nitrogen and oxygen atoms in total. The molecule has 4 heteroatoms. The molecule has 148 valence electrons. The fourth-order valence-corrected chi connectivity index (χ4v) is 5.07. The van der Waals surface area contributed by atoms with Gasteiger partial charge in [-0.25, -0.2) is 0 Å². The number of hydrogen-bond donors (Lipinski definition) is 1. The molecule has 0 aliphatic heterocycles. The third-order valence-electron chi connectivity index (χ3n) is 5.29. The van der Waals surface area contributed by atoms with Crippen LogP contribution in [0.2, 0.25) is 0 Å². The predicted octanol–water partition coefficient (Wildman–Crippen LogP) is 8.73. The fraction of sp³-hybridized carbons (Fsp3) is 0.200. The second kappa shape index (κ2) is 8.60. The number of aromatic hydroxyl groups is 1. The number of fused-ring (bicyclic) bond motifs is 1. The number of phenols is 1. The van der Waals surface area contributed by atoms with E-state index in [4.69, 9.17) is 4.74 Å². The van der Waals surface area contributed by atoms with Crippen molar-refractivity contribution in [3.63, 3.8) is 0 Å². The predicted molar refractivity (Wildman–Crippen MR) is 126 cm³/mol. The lowest BCUT2D eigenvalue weighted by atomic mass is 9.94. The van der Waals surface area contributed by atoms with Crippen molar-refractivity contribution in [3.05, 3.63) is 76.8 Å². The molecule has 3 aromatic carbocycles. The highest BCUT2D eigenvalue weighted by Gasteiger charge is 2.17. The molecule has 1 aromatic heterocycles. The lowest BCUT2D eigenvalue weighted by Gasteiger charge is -2.14. The van der Waals surface area contributed by atoms with Gasteiger partial charge in [0.25, 0.3) is 0 Å². The zero-order valence-electron chi connectivity index (χ0n) is 16.5. The molecule has 4 aromatic rings. The Morgan fingerprint density at radius 3 is 2.28 bits per heavy atom. The number of thiophene rings is 1. The first-order chi connectivity index (χ1) is 14.1. The molecular weight excluding hydrogens is 444 g/mol. The summed E-state index contributed by atoms with van der Waals surface area (Å²) in [7, 11) is 0. The monoisotopic (exact) mass is 466 g/mol. The van der Waals surface area contributed by atoms with E-state index in [1.807, 2.05) is 18.2 Å². The highest BCUT2D eigenvalue weighted by Crippen LogP contribution is 2.47. The van der Waals surface area contributed by atoms with E-state index < -0.39 is 0 Å². The van der Waals surface area contributed by atoms with Crippen molar-refractivity contribution >= 4 is 37.4 Å². The summed E-state index contributed by atoms with van der Waals surface area (Å²) in [6.07, 6.45) is 2.28. The van der Waals surface area contributed by atoms with Gasteiger partial charge < -0.3 is 9.84 Å². The summed E-state index contributed by atoms with van der Waals surface area (Å²) in [6.45, 7) is 4.46. The van der Waals surface area contributed by atoms with Gasteiger partial charge >= 0.3 is 0 Å². The van der Waals surface area contributed by atoms with Crippen LogP contribution >= 0.6 is 27.3 Å². The van der Waals surface area contributed by atoms with Crippen molar-refractivity contribution in [2.24, 2.45) is 0 Å². The van der Waals surface area contributed by atoms with Crippen LogP contribution in [0.1, 0.15) is 38.2 Å². The Bertz CT molecular complexity index is 1110. The summed E-state index contributed by atoms with van der Waals surface area (Å²) >= 11 is 5.13. The Balaban J connectivity index is 1.76. The van der Waals surface area contributed by atoms with Crippen LogP contribution in [0.15, 0.2) is 71.2 Å². The van der Waals surface area contributed by atoms with Crippen LogP contribution in [-0.4, -0.2) is 5.11 Å². The van der Waals surface area contributed by atoms with Crippen molar-refractivity contribution in [1.29, 1.82) is 0 Å². The quantitative estimate of drug-likeness (QED) is 0.307. The van der Waals surface area contributed by atoms with Crippen molar-refractivity contribution in [2.75, 3.05) is 0 Å². The molecule has 0 saturated heterocycles. The molecule has 0 bridgehead atoms. The van der Waals surface area contributed by atoms with E-state index in [9.17, 15) is 5.11 Å². The van der Waals surface area contributed by atoms with E-state index in [1.165, 1.54) is 5.56 Å². The molecule has 1 heterocycles. The molecule has 0 aliphatic carbocycles. The minimum absolute atomic E-state index is 0.266. The Hall–Kier alpha value is -2.30. The second-order valence-electron chi connectivity index (χ2n) is 7.13. The molecule has 0 fully saturated rings. The number of halogens is 1. The van der Waals surface area contributed by atoms with E-state index in [1.54, 1.807) is 23.5 Å². The van der Waals surface area contributed by atoms with Crippen LogP contribution in [0, 0.1) is 0 Å². The van der Waals surface area contributed by atoms with E-state index >= 15 is 0 Å². The Morgan fingerprint density at radius 2 is 1.62 bits per heavy atom. The summed E-state index contributed by atoms with van der Waals surface area (Å²) in [5, 5.41) is 10.9. The van der Waals surface area contributed by atoms with Gasteiger partial charge in [0.2, 0.25) is 0 Å². The van der Waals surface area contributed by atoms with E-state index in [-0.39, 0.29) is 5.75 Å². The zero-order valence-corrected chi connectivity index (χ0v) is 18.9. The summed E-state index contributed by atoms with van der Waals surface area (Å²) < 4.78 is 8.45. The first-order valence-electron chi connectivity index (χ1n) is 9.88. The number of ether oxygens (including phenoxy) is 1. The summed E-state index contributed by atoms with van der Waals surface area (Å²) in [6, 6.07) is 22.1. The Kier molecular flexibility index (Phi) is 5.93. The van der Waals surface area contributed by atoms with Gasteiger partial charge in [-0.15, -0.1) is 11.3 Å². The maximum absolute atomic E-state index is 9.92. The van der Waals surface area contributed by atoms with Gasteiger partial charge in [0, 0.05) is 14.6 Å². The SMILES string of the molecule is CCC(CC)c1ccc(Oc2c(-c3ccc(Br)cc3)sc3cc(O)ccc23)cc1. The Labute approximate surface area is 183 Å². The van der Waals surface area contributed by atoms with Crippen LogP contribution in [0.3, 0.4) is 0 Å². The fourth-order valence-electron chi connectivity index (χ4n) is 3.64. The molecule has 0 amide bonds. The number of hydrogen-bond acceptors (Lipinski definition) is 3. The molecule has 0 unspecified atom stereocenters. The lowest BCUT2D eigenvalue weighted by molar-refractivity contribution is 0.476. The van der Waals surface area contributed by atoms with Gasteiger partial charge in [-0.1, -0.05) is 54.0 Å². The van der Waals surface area contributed by atoms with Crippen molar-refractivity contribution in [1.82, 2.24) is 0 Å². The molecule has 0 atom stereocenters. The highest BCUT2D eigenvalue weighted by molar-refractivity contribution is 9.10. The van der Waals surface area contributed by atoms with Crippen LogP contribution in [0.4, 0.5) is 0 Å². The van der Waals surface area contributed by atoms with Gasteiger partial charge in [-0.05, 0) is 72.4 Å². The van der Waals surface area contributed by atoms with Gasteiger partial charge in [0.1, 0.15) is 11.5 Å². The number of benzene rings is 3. The minimum Gasteiger partial charge on any atom is -0.508 e. The van der Waals surface area contributed by atoms with Gasteiger partial charge in [-0.2, -0.15) is 0 Å². The van der Waals surface area contributed by atoms with Crippen LogP contribution in [0.5, 0.6) is 17.2 Å². The summed E-state index contributed by atoms with van der Waals surface area (Å²) in [5.41, 5.74) is 2.45. The smallest absolute Gasteiger partial charge is 0.153 e. The number of phenolic OH excluding ortho intramolecular Hbond substituents is 1. The maximum Gasteiger partial charge on any atom is 0.153 e. The molecule has 29 heavy (non-hydrogen) atoms. The first-order valence-corrected chi connectivity index (χ1v) is 11.5. The van der Waals surface area contributed by atoms with E-state index in [0.717, 1.165) is 49.3 Å². The standard InChI is InChI=1S/C25H23BrO2S/c1-3-16(4-2)17-7-12-21(13-8-17)28-24-22-14-11-20(27)15-23(22)29-25(24)18-5-9-19(26)10-6-18/h5-16,27H,3-4H2,1-2H3. The van der Waals surface area contributed by atoms with E-state index in [2.05, 4.69) is 66.2 Å². The highest BCUT2D eigenvalue weighted by atomic mass is 79.9. The Morgan fingerprint density at radius 1 is 0.931 bits per heavy atom. The number of rotatable bonds is 6. The average molecular weight is 467 g/mol. The topological polar surface area (TPSA) is 29.5 Å². The normalized spacial score (nSPS) is 11.3. The van der Waals surface area contributed by atoms with Gasteiger partial charge in [0.05, 0.1) is 4.88 Å².